The summed E-state index contributed by atoms with van der Waals surface area (Å²) in [6.07, 6.45) is 1.65. The third-order valence-electron chi connectivity index (χ3n) is 1.67. The molecule has 0 unspecified atom stereocenters. The molecule has 0 saturated heterocycles. The van der Waals surface area contributed by atoms with Crippen molar-refractivity contribution in [2.75, 3.05) is 6.26 Å². The van der Waals surface area contributed by atoms with Crippen molar-refractivity contribution in [3.63, 3.8) is 0 Å². The molecule has 0 heterocycles. The number of oxime groups is 1. The summed E-state index contributed by atoms with van der Waals surface area (Å²) in [6, 6.07) is 8.76. The van der Waals surface area contributed by atoms with Crippen LogP contribution < -0.4 is 0 Å². The molecule has 16 heavy (non-hydrogen) atoms. The average molecular weight is 241 g/mol. The SMILES string of the molecule is CSOOO/N=C(/C)C(=O)c1ccccc1. The normalized spacial score (nSPS) is 11.2. The van der Waals surface area contributed by atoms with Gasteiger partial charge in [0.1, 0.15) is 5.71 Å². The van der Waals surface area contributed by atoms with Crippen LogP contribution in [0, 0.1) is 0 Å². The van der Waals surface area contributed by atoms with E-state index in [1.54, 1.807) is 30.5 Å². The zero-order chi connectivity index (χ0) is 11.8. The van der Waals surface area contributed by atoms with Crippen LogP contribution in [0.5, 0.6) is 0 Å². The molecule has 0 atom stereocenters. The van der Waals surface area contributed by atoms with E-state index in [0.29, 0.717) is 5.56 Å². The van der Waals surface area contributed by atoms with E-state index in [-0.39, 0.29) is 11.5 Å². The number of benzene rings is 1. The first-order chi connectivity index (χ1) is 7.75. The van der Waals surface area contributed by atoms with Crippen LogP contribution in [0.1, 0.15) is 17.3 Å². The average Bonchev–Trinajstić information content (AvgIpc) is 2.34. The highest BCUT2D eigenvalue weighted by Gasteiger charge is 2.09. The fourth-order valence-corrected chi connectivity index (χ4v) is 1.03. The van der Waals surface area contributed by atoms with Gasteiger partial charge in [-0.3, -0.25) is 4.79 Å². The van der Waals surface area contributed by atoms with E-state index >= 15 is 0 Å². The van der Waals surface area contributed by atoms with Crippen LogP contribution in [0.25, 0.3) is 0 Å². The Labute approximate surface area is 97.4 Å². The van der Waals surface area contributed by atoms with Gasteiger partial charge in [0.2, 0.25) is 5.78 Å². The quantitative estimate of drug-likeness (QED) is 0.191. The number of nitrogens with zero attached hydrogens (tertiary/aromatic N) is 1. The summed E-state index contributed by atoms with van der Waals surface area (Å²) in [4.78, 5) is 16.0. The van der Waals surface area contributed by atoms with Crippen molar-refractivity contribution >= 4 is 23.5 Å². The molecule has 0 N–H and O–H groups in total. The minimum atomic E-state index is -0.228. The van der Waals surface area contributed by atoms with E-state index in [0.717, 1.165) is 12.0 Å². The van der Waals surface area contributed by atoms with Crippen molar-refractivity contribution in [1.29, 1.82) is 0 Å². The first kappa shape index (κ1) is 12.7. The lowest BCUT2D eigenvalue weighted by atomic mass is 10.1. The number of rotatable bonds is 6. The Morgan fingerprint density at radius 3 is 2.62 bits per heavy atom. The molecular weight excluding hydrogens is 230 g/mol. The number of ketones is 1. The first-order valence-corrected chi connectivity index (χ1v) is 5.58. The van der Waals surface area contributed by atoms with Crippen molar-refractivity contribution < 1.29 is 19.2 Å². The monoisotopic (exact) mass is 241 g/mol. The van der Waals surface area contributed by atoms with Crippen molar-refractivity contribution in [3.8, 4) is 0 Å². The van der Waals surface area contributed by atoms with Gasteiger partial charge in [-0.25, -0.2) is 0 Å². The topological polar surface area (TPSA) is 57.1 Å². The third-order valence-corrected chi connectivity index (χ3v) is 1.86. The lowest BCUT2D eigenvalue weighted by Crippen LogP contribution is -2.10. The Morgan fingerprint density at radius 2 is 2.00 bits per heavy atom. The van der Waals surface area contributed by atoms with E-state index in [4.69, 9.17) is 0 Å². The molecule has 1 aromatic rings. The maximum absolute atomic E-state index is 11.7. The van der Waals surface area contributed by atoms with E-state index in [1.807, 2.05) is 6.07 Å². The molecule has 0 aliphatic rings. The van der Waals surface area contributed by atoms with Crippen LogP contribution in [0.15, 0.2) is 35.5 Å². The molecule has 6 heteroatoms. The van der Waals surface area contributed by atoms with Crippen LogP contribution in [0.2, 0.25) is 0 Å². The Morgan fingerprint density at radius 1 is 1.31 bits per heavy atom. The first-order valence-electron chi connectivity index (χ1n) is 4.43. The summed E-state index contributed by atoms with van der Waals surface area (Å²) in [5.74, 6) is -0.228. The molecule has 1 rings (SSSR count). The highest BCUT2D eigenvalue weighted by Crippen LogP contribution is 2.02. The predicted octanol–water partition coefficient (Wildman–Crippen LogP) is 2.40. The Balaban J connectivity index is 2.54. The Hall–Kier alpha value is -1.37. The standard InChI is InChI=1S/C10H11NO4S/c1-8(11-13-14-15-16-2)10(12)9-6-4-3-5-7-9/h3-7H,1-2H3/b11-8-. The van der Waals surface area contributed by atoms with E-state index < -0.39 is 0 Å². The number of carbonyl (C=O) groups excluding carboxylic acids is 1. The predicted molar refractivity (Wildman–Crippen MR) is 60.7 cm³/mol. The molecule has 86 valence electrons. The molecule has 0 aliphatic heterocycles. The van der Waals surface area contributed by atoms with Gasteiger partial charge in [0, 0.05) is 28.9 Å². The molecule has 0 saturated carbocycles. The van der Waals surface area contributed by atoms with Crippen LogP contribution in [0.4, 0.5) is 0 Å². The van der Waals surface area contributed by atoms with E-state index in [9.17, 15) is 4.79 Å². The minimum Gasteiger partial charge on any atom is -0.287 e. The summed E-state index contributed by atoms with van der Waals surface area (Å²) in [6.45, 7) is 1.53. The van der Waals surface area contributed by atoms with Crippen LogP contribution in [-0.4, -0.2) is 17.8 Å². The molecule has 1 aromatic carbocycles. The second kappa shape index (κ2) is 7.00. The van der Waals surface area contributed by atoms with Gasteiger partial charge in [0.25, 0.3) is 0 Å². The summed E-state index contributed by atoms with van der Waals surface area (Å²) in [7, 11) is 0. The molecule has 0 aliphatic carbocycles. The zero-order valence-electron chi connectivity index (χ0n) is 8.88. The summed E-state index contributed by atoms with van der Waals surface area (Å²) in [5.41, 5.74) is 0.717. The van der Waals surface area contributed by atoms with Crippen molar-refractivity contribution in [2.24, 2.45) is 5.16 Å². The number of hydrogen-bond donors (Lipinski definition) is 0. The smallest absolute Gasteiger partial charge is 0.210 e. The Kier molecular flexibility index (Phi) is 5.55. The highest BCUT2D eigenvalue weighted by molar-refractivity contribution is 7.93. The fourth-order valence-electron chi connectivity index (χ4n) is 0.951. The van der Waals surface area contributed by atoms with Gasteiger partial charge in [0.15, 0.2) is 0 Å². The van der Waals surface area contributed by atoms with Gasteiger partial charge >= 0.3 is 0 Å². The van der Waals surface area contributed by atoms with Gasteiger partial charge in [0.05, 0.1) is 0 Å². The lowest BCUT2D eigenvalue weighted by molar-refractivity contribution is -0.461. The summed E-state index contributed by atoms with van der Waals surface area (Å²) < 4.78 is 4.35. The highest BCUT2D eigenvalue weighted by atomic mass is 32.2. The largest absolute Gasteiger partial charge is 0.287 e. The second-order valence-corrected chi connectivity index (χ2v) is 3.22. The van der Waals surface area contributed by atoms with Crippen LogP contribution in [0.3, 0.4) is 0 Å². The van der Waals surface area contributed by atoms with E-state index in [1.165, 1.54) is 6.92 Å². The molecule has 0 spiro atoms. The zero-order valence-corrected chi connectivity index (χ0v) is 9.69. The number of hydrogen-bond acceptors (Lipinski definition) is 6. The maximum Gasteiger partial charge on any atom is 0.210 e. The third kappa shape index (κ3) is 4.01. The van der Waals surface area contributed by atoms with Gasteiger partial charge < -0.3 is 0 Å². The van der Waals surface area contributed by atoms with Gasteiger partial charge in [-0.1, -0.05) is 30.3 Å². The van der Waals surface area contributed by atoms with Crippen molar-refractivity contribution in [1.82, 2.24) is 0 Å². The Bertz CT molecular complexity index is 366. The van der Waals surface area contributed by atoms with Crippen LogP contribution in [-0.2, 0) is 14.4 Å². The second-order valence-electron chi connectivity index (χ2n) is 2.75. The number of Topliss-reactive ketones (excluding diaryl/α,β-unsaturated/α-hetero) is 1. The number of carbonyl (C=O) groups is 1. The molecular formula is C10H11NO4S. The minimum absolute atomic E-state index is 0.177. The van der Waals surface area contributed by atoms with Gasteiger partial charge in [-0.05, 0) is 12.1 Å². The molecule has 5 nitrogen and oxygen atoms in total. The molecule has 0 amide bonds. The van der Waals surface area contributed by atoms with Crippen molar-refractivity contribution in [2.45, 2.75) is 6.92 Å². The van der Waals surface area contributed by atoms with Gasteiger partial charge in [-0.15, -0.1) is 4.33 Å². The maximum atomic E-state index is 11.7. The van der Waals surface area contributed by atoms with Crippen molar-refractivity contribution in [3.05, 3.63) is 35.9 Å². The molecule has 0 bridgehead atoms. The van der Waals surface area contributed by atoms with E-state index in [2.05, 4.69) is 19.5 Å². The van der Waals surface area contributed by atoms with Crippen LogP contribution >= 0.6 is 12.0 Å². The molecule has 0 fully saturated rings. The molecule has 0 radical (unpaired) electrons. The summed E-state index contributed by atoms with van der Waals surface area (Å²) in [5, 5.41) is 7.61. The lowest BCUT2D eigenvalue weighted by Gasteiger charge is -1.99. The molecule has 0 aromatic heterocycles. The summed E-state index contributed by atoms with van der Waals surface area (Å²) >= 11 is 0.957. The van der Waals surface area contributed by atoms with Gasteiger partial charge in [-0.2, -0.15) is 4.99 Å². The fraction of sp³-hybridized carbons (Fsp3) is 0.200.